The van der Waals surface area contributed by atoms with Gasteiger partial charge in [0, 0.05) is 50.7 Å². The third-order valence-electron chi connectivity index (χ3n) is 4.05. The molecule has 0 unspecified atom stereocenters. The number of anilines is 1. The minimum absolute atomic E-state index is 0.122. The molecule has 0 atom stereocenters. The van der Waals surface area contributed by atoms with Gasteiger partial charge < -0.3 is 18.9 Å². The highest BCUT2D eigenvalue weighted by Gasteiger charge is 2.24. The lowest BCUT2D eigenvalue weighted by Gasteiger charge is -2.34. The Morgan fingerprint density at radius 2 is 1.79 bits per heavy atom. The lowest BCUT2D eigenvalue weighted by atomic mass is 10.3. The van der Waals surface area contributed by atoms with Crippen LogP contribution in [0.1, 0.15) is 10.6 Å². The molecular weight excluding hydrogens is 308 g/mol. The fourth-order valence-corrected chi connectivity index (χ4v) is 2.76. The summed E-state index contributed by atoms with van der Waals surface area (Å²) in [7, 11) is 0. The Labute approximate surface area is 138 Å². The van der Waals surface area contributed by atoms with Crippen LogP contribution in [-0.4, -0.2) is 56.7 Å². The molecule has 3 aromatic rings. The molecule has 0 radical (unpaired) electrons. The SMILES string of the molecule is O=C(c1ccno1)N1CCN(c2cc(-n3cccc3)ncn2)CC1. The van der Waals surface area contributed by atoms with Gasteiger partial charge >= 0.3 is 0 Å². The van der Waals surface area contributed by atoms with Crippen LogP contribution in [0.4, 0.5) is 5.82 Å². The van der Waals surface area contributed by atoms with E-state index in [9.17, 15) is 4.79 Å². The third kappa shape index (κ3) is 2.73. The van der Waals surface area contributed by atoms with Crippen molar-refractivity contribution < 1.29 is 9.32 Å². The van der Waals surface area contributed by atoms with Crippen LogP contribution in [0.3, 0.4) is 0 Å². The van der Waals surface area contributed by atoms with Crippen LogP contribution >= 0.6 is 0 Å². The van der Waals surface area contributed by atoms with E-state index < -0.39 is 0 Å². The van der Waals surface area contributed by atoms with Crippen LogP contribution in [0.25, 0.3) is 5.82 Å². The maximum atomic E-state index is 12.3. The minimum atomic E-state index is -0.122. The van der Waals surface area contributed by atoms with Gasteiger partial charge in [-0.05, 0) is 12.1 Å². The minimum Gasteiger partial charge on any atom is -0.353 e. The van der Waals surface area contributed by atoms with Crippen molar-refractivity contribution in [1.29, 1.82) is 0 Å². The number of carbonyl (C=O) groups excluding carboxylic acids is 1. The number of piperazine rings is 1. The molecule has 4 rings (SSSR count). The maximum Gasteiger partial charge on any atom is 0.292 e. The van der Waals surface area contributed by atoms with Crippen LogP contribution in [0, 0.1) is 0 Å². The Morgan fingerprint density at radius 1 is 1.04 bits per heavy atom. The quantitative estimate of drug-likeness (QED) is 0.720. The summed E-state index contributed by atoms with van der Waals surface area (Å²) in [5.74, 6) is 1.84. The van der Waals surface area contributed by atoms with Gasteiger partial charge in [0.15, 0.2) is 0 Å². The number of carbonyl (C=O) groups is 1. The summed E-state index contributed by atoms with van der Waals surface area (Å²) in [6.45, 7) is 2.65. The molecule has 0 N–H and O–H groups in total. The molecule has 0 aromatic carbocycles. The van der Waals surface area contributed by atoms with E-state index >= 15 is 0 Å². The molecule has 0 bridgehead atoms. The standard InChI is InChI=1S/C16H16N6O2/c23-16(13-3-4-19-24-13)22-9-7-21(8-10-22)15-11-14(17-12-18-15)20-5-1-2-6-20/h1-6,11-12H,7-10H2. The second kappa shape index (κ2) is 6.15. The van der Waals surface area contributed by atoms with Crippen molar-refractivity contribution in [2.75, 3.05) is 31.1 Å². The number of aromatic nitrogens is 4. The number of nitrogens with zero attached hydrogens (tertiary/aromatic N) is 6. The number of rotatable bonds is 3. The van der Waals surface area contributed by atoms with Crippen LogP contribution in [0.2, 0.25) is 0 Å². The summed E-state index contributed by atoms with van der Waals surface area (Å²) < 4.78 is 6.88. The molecule has 1 saturated heterocycles. The second-order valence-electron chi connectivity index (χ2n) is 5.48. The lowest BCUT2D eigenvalue weighted by Crippen LogP contribution is -2.49. The molecular formula is C16H16N6O2. The molecule has 1 fully saturated rings. The fraction of sp³-hybridized carbons (Fsp3) is 0.250. The average Bonchev–Trinajstić information content (AvgIpc) is 3.35. The third-order valence-corrected chi connectivity index (χ3v) is 4.05. The van der Waals surface area contributed by atoms with Gasteiger partial charge in [-0.25, -0.2) is 9.97 Å². The monoisotopic (exact) mass is 324 g/mol. The first-order valence-corrected chi connectivity index (χ1v) is 7.71. The van der Waals surface area contributed by atoms with Gasteiger partial charge in [0.25, 0.3) is 5.91 Å². The van der Waals surface area contributed by atoms with E-state index in [1.54, 1.807) is 17.3 Å². The van der Waals surface area contributed by atoms with Crippen molar-refractivity contribution in [3.05, 3.63) is 54.9 Å². The lowest BCUT2D eigenvalue weighted by molar-refractivity contribution is 0.0704. The van der Waals surface area contributed by atoms with Crippen molar-refractivity contribution in [3.8, 4) is 5.82 Å². The molecule has 0 aliphatic carbocycles. The molecule has 0 spiro atoms. The van der Waals surface area contributed by atoms with Gasteiger partial charge in [-0.3, -0.25) is 4.79 Å². The molecule has 8 nitrogen and oxygen atoms in total. The van der Waals surface area contributed by atoms with Crippen molar-refractivity contribution in [2.45, 2.75) is 0 Å². The van der Waals surface area contributed by atoms with E-state index in [2.05, 4.69) is 20.0 Å². The largest absolute Gasteiger partial charge is 0.353 e. The Hall–Kier alpha value is -3.16. The zero-order chi connectivity index (χ0) is 16.4. The van der Waals surface area contributed by atoms with Crippen molar-refractivity contribution in [1.82, 2.24) is 24.6 Å². The molecule has 24 heavy (non-hydrogen) atoms. The summed E-state index contributed by atoms with van der Waals surface area (Å²) in [6, 6.07) is 7.45. The Morgan fingerprint density at radius 3 is 2.50 bits per heavy atom. The highest BCUT2D eigenvalue weighted by Crippen LogP contribution is 2.17. The van der Waals surface area contributed by atoms with Gasteiger partial charge in [-0.1, -0.05) is 5.16 Å². The zero-order valence-electron chi connectivity index (χ0n) is 12.9. The van der Waals surface area contributed by atoms with Gasteiger partial charge in [0.2, 0.25) is 5.76 Å². The topological polar surface area (TPSA) is 80.3 Å². The molecule has 3 aromatic heterocycles. The van der Waals surface area contributed by atoms with Crippen LogP contribution in [0.15, 0.2) is 53.7 Å². The van der Waals surface area contributed by atoms with Crippen LogP contribution < -0.4 is 4.90 Å². The number of hydrogen-bond acceptors (Lipinski definition) is 6. The van der Waals surface area contributed by atoms with E-state index in [1.165, 1.54) is 6.20 Å². The van der Waals surface area contributed by atoms with Crippen molar-refractivity contribution >= 4 is 11.7 Å². The molecule has 1 aliphatic heterocycles. The highest BCUT2D eigenvalue weighted by atomic mass is 16.5. The summed E-state index contributed by atoms with van der Waals surface area (Å²) in [5.41, 5.74) is 0. The summed E-state index contributed by atoms with van der Waals surface area (Å²) >= 11 is 0. The summed E-state index contributed by atoms with van der Waals surface area (Å²) in [6.07, 6.45) is 6.93. The van der Waals surface area contributed by atoms with E-state index in [0.717, 1.165) is 11.6 Å². The van der Waals surface area contributed by atoms with E-state index in [4.69, 9.17) is 4.52 Å². The van der Waals surface area contributed by atoms with Gasteiger partial charge in [0.1, 0.15) is 18.0 Å². The number of hydrogen-bond donors (Lipinski definition) is 0. The van der Waals surface area contributed by atoms with Gasteiger partial charge in [-0.2, -0.15) is 0 Å². The highest BCUT2D eigenvalue weighted by molar-refractivity contribution is 5.91. The fourth-order valence-electron chi connectivity index (χ4n) is 2.76. The molecule has 8 heteroatoms. The van der Waals surface area contributed by atoms with Crippen LogP contribution in [0.5, 0.6) is 0 Å². The summed E-state index contributed by atoms with van der Waals surface area (Å²) in [5, 5.41) is 3.58. The van der Waals surface area contributed by atoms with Crippen LogP contribution in [-0.2, 0) is 0 Å². The first-order chi connectivity index (χ1) is 11.8. The van der Waals surface area contributed by atoms with Gasteiger partial charge in [0.05, 0.1) is 6.20 Å². The normalized spacial score (nSPS) is 14.8. The average molecular weight is 324 g/mol. The van der Waals surface area contributed by atoms with E-state index in [1.807, 2.05) is 35.2 Å². The summed E-state index contributed by atoms with van der Waals surface area (Å²) in [4.78, 5) is 24.8. The predicted octanol–water partition coefficient (Wildman–Crippen LogP) is 1.22. The van der Waals surface area contributed by atoms with Crippen molar-refractivity contribution in [2.24, 2.45) is 0 Å². The predicted molar refractivity (Wildman–Crippen MR) is 86.0 cm³/mol. The maximum absolute atomic E-state index is 12.3. The van der Waals surface area contributed by atoms with Gasteiger partial charge in [-0.15, -0.1) is 0 Å². The Balaban J connectivity index is 1.44. The molecule has 1 amide bonds. The smallest absolute Gasteiger partial charge is 0.292 e. The van der Waals surface area contributed by atoms with E-state index in [-0.39, 0.29) is 11.7 Å². The molecule has 4 heterocycles. The first kappa shape index (κ1) is 14.4. The van der Waals surface area contributed by atoms with E-state index in [0.29, 0.717) is 26.2 Å². The molecule has 1 aliphatic rings. The zero-order valence-corrected chi connectivity index (χ0v) is 12.9. The Bertz CT molecular complexity index is 807. The second-order valence-corrected chi connectivity index (χ2v) is 5.48. The molecule has 0 saturated carbocycles. The first-order valence-electron chi connectivity index (χ1n) is 7.71. The number of amides is 1. The Kier molecular flexibility index (Phi) is 3.70. The van der Waals surface area contributed by atoms with Crippen molar-refractivity contribution in [3.63, 3.8) is 0 Å². The molecule has 122 valence electrons.